The van der Waals surface area contributed by atoms with E-state index in [2.05, 4.69) is 11.7 Å². The molecule has 0 spiro atoms. The largest absolute Gasteiger partial charge is 0.435 e. The molecule has 0 fully saturated rings. The van der Waals surface area contributed by atoms with Crippen LogP contribution in [0, 0.1) is 12.7 Å². The van der Waals surface area contributed by atoms with Crippen LogP contribution >= 0.6 is 22.9 Å². The summed E-state index contributed by atoms with van der Waals surface area (Å²) in [4.78, 5) is 14.9. The summed E-state index contributed by atoms with van der Waals surface area (Å²) in [5, 5.41) is 3.63. The van der Waals surface area contributed by atoms with Crippen molar-refractivity contribution in [1.82, 2.24) is 14.7 Å². The summed E-state index contributed by atoms with van der Waals surface area (Å²) < 4.78 is 58.3. The molecule has 0 N–H and O–H groups in total. The zero-order valence-corrected chi connectivity index (χ0v) is 18.7. The van der Waals surface area contributed by atoms with E-state index in [1.54, 1.807) is 13.8 Å². The lowest BCUT2D eigenvalue weighted by atomic mass is 9.90. The molecule has 1 atom stereocenters. The van der Waals surface area contributed by atoms with Crippen molar-refractivity contribution < 1.29 is 22.4 Å². The lowest BCUT2D eigenvalue weighted by molar-refractivity contribution is -0.141. The van der Waals surface area contributed by atoms with Crippen LogP contribution in [0.5, 0.6) is 0 Å². The molecule has 1 aliphatic heterocycles. The van der Waals surface area contributed by atoms with Crippen molar-refractivity contribution in [3.8, 4) is 11.1 Å². The summed E-state index contributed by atoms with van der Waals surface area (Å²) in [6.45, 7) is 7.34. The van der Waals surface area contributed by atoms with E-state index in [1.165, 1.54) is 34.6 Å². The van der Waals surface area contributed by atoms with E-state index in [9.17, 15) is 18.0 Å². The first-order valence-corrected chi connectivity index (χ1v) is 10.9. The Hall–Kier alpha value is -2.65. The van der Waals surface area contributed by atoms with Gasteiger partial charge in [-0.15, -0.1) is 11.3 Å². The molecule has 1 amide bonds. The van der Waals surface area contributed by atoms with Crippen molar-refractivity contribution in [1.29, 1.82) is 0 Å². The maximum atomic E-state index is 15.2. The highest BCUT2D eigenvalue weighted by Gasteiger charge is 2.42. The van der Waals surface area contributed by atoms with Gasteiger partial charge in [0.05, 0.1) is 16.9 Å². The van der Waals surface area contributed by atoms with Gasteiger partial charge in [-0.2, -0.15) is 18.3 Å². The van der Waals surface area contributed by atoms with E-state index in [0.717, 1.165) is 21.7 Å². The molecule has 2 aromatic heterocycles. The Morgan fingerprint density at radius 1 is 1.41 bits per heavy atom. The predicted molar refractivity (Wildman–Crippen MR) is 115 cm³/mol. The van der Waals surface area contributed by atoms with Crippen LogP contribution in [0.15, 0.2) is 37.1 Å². The second kappa shape index (κ2) is 8.04. The van der Waals surface area contributed by atoms with E-state index in [4.69, 9.17) is 11.6 Å². The zero-order chi connectivity index (χ0) is 23.4. The van der Waals surface area contributed by atoms with Gasteiger partial charge in [-0.05, 0) is 42.7 Å². The van der Waals surface area contributed by atoms with Crippen molar-refractivity contribution in [3.05, 3.63) is 74.5 Å². The number of hydrogen-bond acceptors (Lipinski definition) is 3. The van der Waals surface area contributed by atoms with Crippen LogP contribution < -0.4 is 0 Å². The van der Waals surface area contributed by atoms with Crippen LogP contribution in [0.4, 0.5) is 17.6 Å². The minimum atomic E-state index is -4.78. The molecule has 0 aliphatic carbocycles. The highest BCUT2D eigenvalue weighted by atomic mass is 35.5. The first-order valence-electron chi connectivity index (χ1n) is 9.72. The average Bonchev–Trinajstić information content (AvgIpc) is 3.40. The second-order valence-corrected chi connectivity index (χ2v) is 9.07. The number of amides is 1. The molecular weight excluding hydrogens is 466 g/mol. The van der Waals surface area contributed by atoms with Crippen LogP contribution in [-0.2, 0) is 24.1 Å². The van der Waals surface area contributed by atoms with Gasteiger partial charge in [-0.25, -0.2) is 4.39 Å². The molecule has 32 heavy (non-hydrogen) atoms. The number of hydrogen-bond donors (Lipinski definition) is 0. The van der Waals surface area contributed by atoms with Gasteiger partial charge < -0.3 is 4.90 Å². The van der Waals surface area contributed by atoms with Crippen molar-refractivity contribution in [3.63, 3.8) is 0 Å². The van der Waals surface area contributed by atoms with Crippen molar-refractivity contribution in [2.24, 2.45) is 0 Å². The van der Waals surface area contributed by atoms with Gasteiger partial charge in [0.2, 0.25) is 5.91 Å². The van der Waals surface area contributed by atoms with E-state index in [1.807, 2.05) is 0 Å². The molecule has 10 heteroatoms. The van der Waals surface area contributed by atoms with Gasteiger partial charge in [0.25, 0.3) is 0 Å². The van der Waals surface area contributed by atoms with Gasteiger partial charge >= 0.3 is 6.18 Å². The maximum Gasteiger partial charge on any atom is 0.435 e. The molecule has 168 valence electrons. The number of nitrogens with zero attached hydrogens (tertiary/aromatic N) is 3. The summed E-state index contributed by atoms with van der Waals surface area (Å²) in [6.07, 6.45) is -2.46. The predicted octanol–water partition coefficient (Wildman–Crippen LogP) is 6.37. The van der Waals surface area contributed by atoms with Gasteiger partial charge in [-0.3, -0.25) is 9.48 Å². The summed E-state index contributed by atoms with van der Waals surface area (Å²) in [5.41, 5.74) is -0.125. The normalized spacial score (nSPS) is 15.8. The zero-order valence-electron chi connectivity index (χ0n) is 17.1. The van der Waals surface area contributed by atoms with Crippen molar-refractivity contribution in [2.75, 3.05) is 0 Å². The molecule has 0 saturated carbocycles. The standard InChI is InChI=1S/C22H18ClF4N3OS/c1-4-16(31)30-10-15-17(11(3)21(23)32-15)19(30)12-7-6-8-14(24)18(12)13-9-29(5-2)28-20(13)22(25,26)27/h4,6-9,19H,1,5,10H2,2-3H3/t19-/m0/s1. The lowest BCUT2D eigenvalue weighted by Gasteiger charge is -2.27. The van der Waals surface area contributed by atoms with Crippen molar-refractivity contribution >= 4 is 28.8 Å². The maximum absolute atomic E-state index is 15.2. The molecule has 4 nitrogen and oxygen atoms in total. The fourth-order valence-electron chi connectivity index (χ4n) is 4.11. The third-order valence-electron chi connectivity index (χ3n) is 5.53. The van der Waals surface area contributed by atoms with Crippen LogP contribution in [0.2, 0.25) is 4.34 Å². The number of carbonyl (C=O) groups excluding carboxylic acids is 1. The van der Waals surface area contributed by atoms with Crippen LogP contribution in [0.25, 0.3) is 11.1 Å². The number of aromatic nitrogens is 2. The number of halogens is 5. The molecule has 3 aromatic rings. The van der Waals surface area contributed by atoms with E-state index in [0.29, 0.717) is 15.5 Å². The molecule has 4 rings (SSSR count). The molecule has 0 saturated heterocycles. The van der Waals surface area contributed by atoms with Gasteiger partial charge in [-0.1, -0.05) is 30.3 Å². The monoisotopic (exact) mass is 483 g/mol. The average molecular weight is 484 g/mol. The topological polar surface area (TPSA) is 38.1 Å². The lowest BCUT2D eigenvalue weighted by Crippen LogP contribution is -2.29. The Labute approximate surface area is 190 Å². The van der Waals surface area contributed by atoms with Crippen molar-refractivity contribution in [2.45, 2.75) is 39.2 Å². The van der Waals surface area contributed by atoms with E-state index in [-0.39, 0.29) is 29.8 Å². The molecule has 0 bridgehead atoms. The number of aryl methyl sites for hydroxylation is 1. The summed E-state index contributed by atoms with van der Waals surface area (Å²) in [5.74, 6) is -1.24. The number of carbonyl (C=O) groups is 1. The smallest absolute Gasteiger partial charge is 0.323 e. The van der Waals surface area contributed by atoms with Crippen LogP contribution in [0.3, 0.4) is 0 Å². The molecule has 1 aliphatic rings. The summed E-state index contributed by atoms with van der Waals surface area (Å²) in [7, 11) is 0. The molecular formula is C22H18ClF4N3OS. The number of alkyl halides is 3. The first kappa shape index (κ1) is 22.5. The van der Waals surface area contributed by atoms with E-state index >= 15 is 4.39 Å². The Kier molecular flexibility index (Phi) is 5.67. The van der Waals surface area contributed by atoms with Gasteiger partial charge in [0, 0.05) is 28.7 Å². The summed E-state index contributed by atoms with van der Waals surface area (Å²) in [6, 6.07) is 3.25. The number of benzene rings is 1. The summed E-state index contributed by atoms with van der Waals surface area (Å²) >= 11 is 7.62. The fourth-order valence-corrected chi connectivity index (χ4v) is 5.54. The minimum Gasteiger partial charge on any atom is -0.323 e. The number of fused-ring (bicyclic) bond motifs is 1. The second-order valence-electron chi connectivity index (χ2n) is 7.36. The fraction of sp³-hybridized carbons (Fsp3) is 0.273. The number of thiophene rings is 1. The Morgan fingerprint density at radius 2 is 2.12 bits per heavy atom. The Balaban J connectivity index is 2.02. The van der Waals surface area contributed by atoms with Gasteiger partial charge in [0.15, 0.2) is 5.69 Å². The molecule has 0 unspecified atom stereocenters. The van der Waals surface area contributed by atoms with E-state index < -0.39 is 29.6 Å². The van der Waals surface area contributed by atoms with Crippen LogP contribution in [-0.4, -0.2) is 20.6 Å². The highest BCUT2D eigenvalue weighted by Crippen LogP contribution is 2.50. The Bertz CT molecular complexity index is 1230. The SMILES string of the molecule is C=CC(=O)N1Cc2sc(Cl)c(C)c2[C@@H]1c1cccc(F)c1-c1cn(CC)nc1C(F)(F)F. The minimum absolute atomic E-state index is 0.181. The number of rotatable bonds is 4. The molecule has 1 aromatic carbocycles. The third kappa shape index (κ3) is 3.53. The molecule has 0 radical (unpaired) electrons. The van der Waals surface area contributed by atoms with Crippen LogP contribution in [0.1, 0.15) is 40.2 Å². The third-order valence-corrected chi connectivity index (χ3v) is 7.13. The van der Waals surface area contributed by atoms with Gasteiger partial charge in [0.1, 0.15) is 5.82 Å². The highest BCUT2D eigenvalue weighted by molar-refractivity contribution is 7.16. The Morgan fingerprint density at radius 3 is 2.75 bits per heavy atom. The quantitative estimate of drug-likeness (QED) is 0.319. The molecule has 3 heterocycles. The first-order chi connectivity index (χ1) is 15.1.